The lowest BCUT2D eigenvalue weighted by atomic mass is 10.1. The highest BCUT2D eigenvalue weighted by atomic mass is 16.2. The number of aromatic amines is 1. The van der Waals surface area contributed by atoms with Gasteiger partial charge in [-0.05, 0) is 12.1 Å². The standard InChI is InChI=1S/C11H10N2O2/c1-12-11(15)8-6-13-9-5-3-2-4-7(9)10(8)14/h2-6H,1H3,(H,12,15)(H,13,14). The first-order valence-corrected chi connectivity index (χ1v) is 4.56. The Bertz CT molecular complexity index is 572. The summed E-state index contributed by atoms with van der Waals surface area (Å²) in [7, 11) is 1.50. The molecule has 2 N–H and O–H groups in total. The lowest BCUT2D eigenvalue weighted by molar-refractivity contribution is 0.0962. The molecule has 15 heavy (non-hydrogen) atoms. The maximum atomic E-state index is 11.8. The van der Waals surface area contributed by atoms with Crippen molar-refractivity contribution in [2.24, 2.45) is 0 Å². The van der Waals surface area contributed by atoms with Crippen LogP contribution < -0.4 is 10.7 Å². The van der Waals surface area contributed by atoms with Crippen LogP contribution in [0.25, 0.3) is 10.9 Å². The molecule has 4 nitrogen and oxygen atoms in total. The molecule has 2 aromatic rings. The van der Waals surface area contributed by atoms with Crippen LogP contribution in [0.4, 0.5) is 0 Å². The number of hydrogen-bond acceptors (Lipinski definition) is 2. The Morgan fingerprint density at radius 3 is 2.80 bits per heavy atom. The van der Waals surface area contributed by atoms with Gasteiger partial charge in [-0.2, -0.15) is 0 Å². The van der Waals surface area contributed by atoms with Crippen molar-refractivity contribution in [3.8, 4) is 0 Å². The number of H-pyrrole nitrogens is 1. The van der Waals surface area contributed by atoms with Gasteiger partial charge in [0.15, 0.2) is 0 Å². The van der Waals surface area contributed by atoms with Gasteiger partial charge in [-0.25, -0.2) is 0 Å². The van der Waals surface area contributed by atoms with Crippen LogP contribution >= 0.6 is 0 Å². The fraction of sp³-hybridized carbons (Fsp3) is 0.0909. The zero-order valence-corrected chi connectivity index (χ0v) is 8.20. The second kappa shape index (κ2) is 3.57. The van der Waals surface area contributed by atoms with E-state index in [0.29, 0.717) is 5.39 Å². The molecule has 4 heteroatoms. The maximum Gasteiger partial charge on any atom is 0.256 e. The Morgan fingerprint density at radius 2 is 2.07 bits per heavy atom. The average Bonchev–Trinajstić information content (AvgIpc) is 2.29. The largest absolute Gasteiger partial charge is 0.360 e. The number of rotatable bonds is 1. The van der Waals surface area contributed by atoms with Crippen molar-refractivity contribution in [1.29, 1.82) is 0 Å². The minimum atomic E-state index is -0.373. The van der Waals surface area contributed by atoms with E-state index in [1.807, 2.05) is 6.07 Å². The van der Waals surface area contributed by atoms with Crippen LogP contribution in [0.2, 0.25) is 0 Å². The number of amides is 1. The van der Waals surface area contributed by atoms with Gasteiger partial charge >= 0.3 is 0 Å². The Morgan fingerprint density at radius 1 is 1.33 bits per heavy atom. The number of benzene rings is 1. The molecule has 1 heterocycles. The third-order valence-corrected chi connectivity index (χ3v) is 2.26. The summed E-state index contributed by atoms with van der Waals surface area (Å²) in [4.78, 5) is 26.1. The molecule has 0 aliphatic rings. The average molecular weight is 202 g/mol. The molecule has 0 unspecified atom stereocenters. The maximum absolute atomic E-state index is 11.8. The van der Waals surface area contributed by atoms with Crippen LogP contribution in [0.3, 0.4) is 0 Å². The van der Waals surface area contributed by atoms with Crippen LogP contribution in [-0.4, -0.2) is 17.9 Å². The highest BCUT2D eigenvalue weighted by molar-refractivity contribution is 5.96. The second-order valence-electron chi connectivity index (χ2n) is 3.16. The van der Waals surface area contributed by atoms with E-state index in [-0.39, 0.29) is 16.9 Å². The number of pyridine rings is 1. The van der Waals surface area contributed by atoms with E-state index in [1.165, 1.54) is 13.2 Å². The molecule has 0 bridgehead atoms. The van der Waals surface area contributed by atoms with Crippen molar-refractivity contribution in [3.05, 3.63) is 46.2 Å². The summed E-state index contributed by atoms with van der Waals surface area (Å²) in [5.41, 5.74) is 0.620. The van der Waals surface area contributed by atoms with Gasteiger partial charge in [-0.3, -0.25) is 9.59 Å². The van der Waals surface area contributed by atoms with Crippen LogP contribution in [0.1, 0.15) is 10.4 Å². The topological polar surface area (TPSA) is 62.0 Å². The van der Waals surface area contributed by atoms with E-state index in [9.17, 15) is 9.59 Å². The first kappa shape index (κ1) is 9.45. The molecule has 0 aliphatic heterocycles. The van der Waals surface area contributed by atoms with Crippen LogP contribution in [0.5, 0.6) is 0 Å². The van der Waals surface area contributed by atoms with Gasteiger partial charge in [0.05, 0.1) is 0 Å². The Kier molecular flexibility index (Phi) is 2.25. The zero-order chi connectivity index (χ0) is 10.8. The zero-order valence-electron chi connectivity index (χ0n) is 8.20. The number of fused-ring (bicyclic) bond motifs is 1. The fourth-order valence-electron chi connectivity index (χ4n) is 1.47. The van der Waals surface area contributed by atoms with E-state index in [0.717, 1.165) is 5.52 Å². The number of hydrogen-bond donors (Lipinski definition) is 2. The first-order valence-electron chi connectivity index (χ1n) is 4.56. The van der Waals surface area contributed by atoms with E-state index in [4.69, 9.17) is 0 Å². The van der Waals surface area contributed by atoms with E-state index < -0.39 is 0 Å². The summed E-state index contributed by atoms with van der Waals surface area (Å²) < 4.78 is 0. The molecule has 0 spiro atoms. The number of carbonyl (C=O) groups is 1. The number of carbonyl (C=O) groups excluding carboxylic acids is 1. The van der Waals surface area contributed by atoms with Crippen LogP contribution in [-0.2, 0) is 0 Å². The predicted octanol–water partition coefficient (Wildman–Crippen LogP) is 0.888. The SMILES string of the molecule is CNC(=O)c1c[nH]c2ccccc2c1=O. The second-order valence-corrected chi connectivity index (χ2v) is 3.16. The van der Waals surface area contributed by atoms with E-state index in [2.05, 4.69) is 10.3 Å². The van der Waals surface area contributed by atoms with Gasteiger partial charge < -0.3 is 10.3 Å². The fourth-order valence-corrected chi connectivity index (χ4v) is 1.47. The van der Waals surface area contributed by atoms with Crippen molar-refractivity contribution < 1.29 is 4.79 Å². The summed E-state index contributed by atoms with van der Waals surface area (Å²) in [5, 5.41) is 2.95. The molecule has 0 radical (unpaired) electrons. The lowest BCUT2D eigenvalue weighted by Gasteiger charge is -2.01. The van der Waals surface area contributed by atoms with Gasteiger partial charge in [0.25, 0.3) is 5.91 Å². The highest BCUT2D eigenvalue weighted by Gasteiger charge is 2.10. The van der Waals surface area contributed by atoms with Gasteiger partial charge in [-0.1, -0.05) is 12.1 Å². The third kappa shape index (κ3) is 1.50. The molecule has 1 aromatic heterocycles. The molecule has 0 saturated heterocycles. The highest BCUT2D eigenvalue weighted by Crippen LogP contribution is 2.06. The molecular formula is C11H10N2O2. The Hall–Kier alpha value is -2.10. The molecule has 0 atom stereocenters. The third-order valence-electron chi connectivity index (χ3n) is 2.26. The number of nitrogens with one attached hydrogen (secondary N) is 2. The minimum Gasteiger partial charge on any atom is -0.360 e. The van der Waals surface area contributed by atoms with Gasteiger partial charge in [0.2, 0.25) is 5.43 Å². The molecule has 1 aromatic carbocycles. The molecule has 0 saturated carbocycles. The predicted molar refractivity (Wildman–Crippen MR) is 58.0 cm³/mol. The van der Waals surface area contributed by atoms with Crippen molar-refractivity contribution in [2.45, 2.75) is 0 Å². The van der Waals surface area contributed by atoms with Crippen molar-refractivity contribution in [1.82, 2.24) is 10.3 Å². The Labute approximate surface area is 85.9 Å². The van der Waals surface area contributed by atoms with Crippen molar-refractivity contribution in [3.63, 3.8) is 0 Å². The smallest absolute Gasteiger partial charge is 0.256 e. The van der Waals surface area contributed by atoms with Crippen LogP contribution in [0.15, 0.2) is 35.3 Å². The summed E-state index contributed by atoms with van der Waals surface area (Å²) in [6, 6.07) is 7.09. The molecule has 0 fully saturated rings. The van der Waals surface area contributed by atoms with E-state index in [1.54, 1.807) is 18.2 Å². The molecule has 2 rings (SSSR count). The molecule has 76 valence electrons. The quantitative estimate of drug-likeness (QED) is 0.721. The molecular weight excluding hydrogens is 192 g/mol. The summed E-state index contributed by atoms with van der Waals surface area (Å²) in [6.45, 7) is 0. The van der Waals surface area contributed by atoms with E-state index >= 15 is 0 Å². The van der Waals surface area contributed by atoms with Crippen molar-refractivity contribution in [2.75, 3.05) is 7.05 Å². The number of para-hydroxylation sites is 1. The van der Waals surface area contributed by atoms with Gasteiger partial charge in [0.1, 0.15) is 5.56 Å². The first-order chi connectivity index (χ1) is 7.24. The molecule has 0 aliphatic carbocycles. The monoisotopic (exact) mass is 202 g/mol. The lowest BCUT2D eigenvalue weighted by Crippen LogP contribution is -2.25. The van der Waals surface area contributed by atoms with Crippen molar-refractivity contribution >= 4 is 16.8 Å². The van der Waals surface area contributed by atoms with Crippen LogP contribution in [0, 0.1) is 0 Å². The summed E-state index contributed by atoms with van der Waals surface area (Å²) in [5.74, 6) is -0.373. The Balaban J connectivity index is 2.76. The summed E-state index contributed by atoms with van der Waals surface area (Å²) >= 11 is 0. The van der Waals surface area contributed by atoms with Gasteiger partial charge in [-0.15, -0.1) is 0 Å². The van der Waals surface area contributed by atoms with Gasteiger partial charge in [0, 0.05) is 24.1 Å². The normalized spacial score (nSPS) is 10.2. The minimum absolute atomic E-state index is 0.135. The molecule has 1 amide bonds. The summed E-state index contributed by atoms with van der Waals surface area (Å²) in [6.07, 6.45) is 1.43. The number of aromatic nitrogens is 1.